The van der Waals surface area contributed by atoms with Crippen molar-refractivity contribution in [3.63, 3.8) is 0 Å². The molecule has 0 aliphatic carbocycles. The molecule has 0 saturated carbocycles. The van der Waals surface area contributed by atoms with Gasteiger partial charge in [0, 0.05) is 50.3 Å². The number of carbonyl (C=O) groups is 1. The van der Waals surface area contributed by atoms with Crippen LogP contribution in [0.15, 0.2) is 59.0 Å². The van der Waals surface area contributed by atoms with Crippen molar-refractivity contribution in [1.29, 1.82) is 5.26 Å². The zero-order valence-corrected chi connectivity index (χ0v) is 16.0. The molecule has 7 heteroatoms. The molecule has 4 rings (SSSR count). The molecule has 2 heterocycles. The average molecular weight is 387 g/mol. The molecule has 1 aliphatic heterocycles. The number of carbonyl (C=O) groups excluding carboxylic acids is 1. The van der Waals surface area contributed by atoms with Gasteiger partial charge in [-0.2, -0.15) is 5.26 Å². The van der Waals surface area contributed by atoms with Gasteiger partial charge in [-0.15, -0.1) is 10.2 Å². The largest absolute Gasteiger partial charge is 0.421 e. The smallest absolute Gasteiger partial charge is 0.253 e. The Kier molecular flexibility index (Phi) is 5.63. The molecule has 3 aromatic rings. The first-order valence-corrected chi connectivity index (χ1v) is 9.62. The molecular weight excluding hydrogens is 366 g/mol. The van der Waals surface area contributed by atoms with Crippen LogP contribution >= 0.6 is 0 Å². The molecular formula is C22H21N5O2. The van der Waals surface area contributed by atoms with Crippen LogP contribution in [-0.2, 0) is 6.42 Å². The van der Waals surface area contributed by atoms with E-state index in [9.17, 15) is 4.79 Å². The SMILES string of the molecule is N#Cc1cccc(C(=O)N2CCN(CCc3nnc(-c4ccccc4)o3)CC2)c1. The first kappa shape index (κ1) is 18.8. The summed E-state index contributed by atoms with van der Waals surface area (Å²) in [6.07, 6.45) is 0.679. The Balaban J connectivity index is 1.28. The van der Waals surface area contributed by atoms with Crippen molar-refractivity contribution in [2.75, 3.05) is 32.7 Å². The lowest BCUT2D eigenvalue weighted by Crippen LogP contribution is -2.49. The molecule has 2 aromatic carbocycles. The zero-order valence-electron chi connectivity index (χ0n) is 16.0. The summed E-state index contributed by atoms with van der Waals surface area (Å²) >= 11 is 0. The van der Waals surface area contributed by atoms with E-state index >= 15 is 0 Å². The lowest BCUT2D eigenvalue weighted by molar-refractivity contribution is 0.0636. The molecule has 1 fully saturated rings. The van der Waals surface area contributed by atoms with Crippen LogP contribution in [0.5, 0.6) is 0 Å². The van der Waals surface area contributed by atoms with Gasteiger partial charge in [-0.25, -0.2) is 0 Å². The van der Waals surface area contributed by atoms with Crippen molar-refractivity contribution in [2.24, 2.45) is 0 Å². The van der Waals surface area contributed by atoms with Crippen molar-refractivity contribution in [3.05, 3.63) is 71.6 Å². The molecule has 0 radical (unpaired) electrons. The predicted octanol–water partition coefficient (Wildman–Crippen LogP) is 2.61. The third-order valence-corrected chi connectivity index (χ3v) is 5.03. The Morgan fingerprint density at radius 3 is 2.59 bits per heavy atom. The van der Waals surface area contributed by atoms with E-state index in [-0.39, 0.29) is 5.91 Å². The summed E-state index contributed by atoms with van der Waals surface area (Å²) in [7, 11) is 0. The second kappa shape index (κ2) is 8.67. The van der Waals surface area contributed by atoms with Crippen LogP contribution < -0.4 is 0 Å². The van der Waals surface area contributed by atoms with Crippen molar-refractivity contribution in [2.45, 2.75) is 6.42 Å². The predicted molar refractivity (Wildman–Crippen MR) is 107 cm³/mol. The maximum atomic E-state index is 12.7. The minimum absolute atomic E-state index is 0.0221. The zero-order chi connectivity index (χ0) is 20.1. The maximum absolute atomic E-state index is 12.7. The van der Waals surface area contributed by atoms with Crippen molar-refractivity contribution in [3.8, 4) is 17.5 Å². The molecule has 146 valence electrons. The molecule has 29 heavy (non-hydrogen) atoms. The van der Waals surface area contributed by atoms with Crippen molar-refractivity contribution < 1.29 is 9.21 Å². The number of hydrogen-bond acceptors (Lipinski definition) is 6. The van der Waals surface area contributed by atoms with Crippen LogP contribution in [0.3, 0.4) is 0 Å². The summed E-state index contributed by atoms with van der Waals surface area (Å²) in [5, 5.41) is 17.3. The summed E-state index contributed by atoms with van der Waals surface area (Å²) in [5.74, 6) is 1.14. The van der Waals surface area contributed by atoms with Crippen LogP contribution in [-0.4, -0.2) is 58.6 Å². The highest BCUT2D eigenvalue weighted by Crippen LogP contribution is 2.17. The van der Waals surface area contributed by atoms with Crippen LogP contribution in [0.1, 0.15) is 21.8 Å². The van der Waals surface area contributed by atoms with E-state index in [2.05, 4.69) is 21.2 Å². The standard InChI is InChI=1S/C22H21N5O2/c23-16-17-5-4-8-19(15-17)22(28)27-13-11-26(12-14-27)10-9-20-24-25-21(29-20)18-6-2-1-3-7-18/h1-8,15H,9-14H2. The van der Waals surface area contributed by atoms with Crippen LogP contribution in [0.4, 0.5) is 0 Å². The van der Waals surface area contributed by atoms with Gasteiger partial charge in [-0.3, -0.25) is 9.69 Å². The molecule has 1 saturated heterocycles. The average Bonchev–Trinajstić information content (AvgIpc) is 3.27. The van der Waals surface area contributed by atoms with Crippen LogP contribution in [0.2, 0.25) is 0 Å². The summed E-state index contributed by atoms with van der Waals surface area (Å²) in [5.41, 5.74) is 1.99. The van der Waals surface area contributed by atoms with Gasteiger partial charge in [0.15, 0.2) is 0 Å². The van der Waals surface area contributed by atoms with Gasteiger partial charge in [0.1, 0.15) is 0 Å². The van der Waals surface area contributed by atoms with Gasteiger partial charge in [-0.05, 0) is 30.3 Å². The Bertz CT molecular complexity index is 1020. The van der Waals surface area contributed by atoms with Crippen molar-refractivity contribution >= 4 is 5.91 Å². The highest BCUT2D eigenvalue weighted by atomic mass is 16.4. The quantitative estimate of drug-likeness (QED) is 0.669. The third kappa shape index (κ3) is 4.50. The van der Waals surface area contributed by atoms with E-state index in [4.69, 9.17) is 9.68 Å². The summed E-state index contributed by atoms with van der Waals surface area (Å²) < 4.78 is 5.76. The van der Waals surface area contributed by atoms with E-state index in [1.807, 2.05) is 35.2 Å². The normalized spacial score (nSPS) is 14.5. The molecule has 0 bridgehead atoms. The lowest BCUT2D eigenvalue weighted by atomic mass is 10.1. The fourth-order valence-corrected chi connectivity index (χ4v) is 3.38. The highest BCUT2D eigenvalue weighted by molar-refractivity contribution is 5.94. The number of piperazine rings is 1. The number of hydrogen-bond donors (Lipinski definition) is 0. The van der Waals surface area contributed by atoms with Gasteiger partial charge in [0.05, 0.1) is 11.6 Å². The number of aromatic nitrogens is 2. The minimum atomic E-state index is -0.0221. The summed E-state index contributed by atoms with van der Waals surface area (Å²) in [4.78, 5) is 16.8. The van der Waals surface area contributed by atoms with Gasteiger partial charge < -0.3 is 9.32 Å². The highest BCUT2D eigenvalue weighted by Gasteiger charge is 2.22. The Morgan fingerprint density at radius 1 is 1.03 bits per heavy atom. The van der Waals surface area contributed by atoms with Crippen LogP contribution in [0.25, 0.3) is 11.5 Å². The third-order valence-electron chi connectivity index (χ3n) is 5.03. The van der Waals surface area contributed by atoms with E-state index in [0.717, 1.165) is 25.2 Å². The Labute approximate surface area is 169 Å². The second-order valence-electron chi connectivity index (χ2n) is 6.94. The lowest BCUT2D eigenvalue weighted by Gasteiger charge is -2.34. The molecule has 1 aromatic heterocycles. The minimum Gasteiger partial charge on any atom is -0.421 e. The van der Waals surface area contributed by atoms with Gasteiger partial charge >= 0.3 is 0 Å². The molecule has 1 aliphatic rings. The number of nitrogens with zero attached hydrogens (tertiary/aromatic N) is 5. The first-order chi connectivity index (χ1) is 14.2. The van der Waals surface area contributed by atoms with Gasteiger partial charge in [-0.1, -0.05) is 24.3 Å². The molecule has 7 nitrogen and oxygen atoms in total. The molecule has 0 N–H and O–H groups in total. The number of benzene rings is 2. The number of amides is 1. The van der Waals surface area contributed by atoms with Crippen molar-refractivity contribution in [1.82, 2.24) is 20.0 Å². The number of nitriles is 1. The number of rotatable bonds is 5. The van der Waals surface area contributed by atoms with E-state index in [1.54, 1.807) is 24.3 Å². The van der Waals surface area contributed by atoms with E-state index in [1.165, 1.54) is 0 Å². The first-order valence-electron chi connectivity index (χ1n) is 9.62. The molecule has 1 amide bonds. The molecule has 0 spiro atoms. The van der Waals surface area contributed by atoms with E-state index < -0.39 is 0 Å². The topological polar surface area (TPSA) is 86.3 Å². The van der Waals surface area contributed by atoms with Gasteiger partial charge in [0.25, 0.3) is 5.91 Å². The maximum Gasteiger partial charge on any atom is 0.253 e. The molecule has 0 unspecified atom stereocenters. The molecule has 0 atom stereocenters. The Hall–Kier alpha value is -3.50. The second-order valence-corrected chi connectivity index (χ2v) is 6.94. The summed E-state index contributed by atoms with van der Waals surface area (Å²) in [6.45, 7) is 3.72. The fourth-order valence-electron chi connectivity index (χ4n) is 3.38. The van der Waals surface area contributed by atoms with Gasteiger partial charge in [0.2, 0.25) is 11.8 Å². The Morgan fingerprint density at radius 2 is 1.83 bits per heavy atom. The monoisotopic (exact) mass is 387 g/mol. The van der Waals surface area contributed by atoms with E-state index in [0.29, 0.717) is 42.4 Å². The fraction of sp³-hybridized carbons (Fsp3) is 0.273. The van der Waals surface area contributed by atoms with Crippen LogP contribution in [0, 0.1) is 11.3 Å². The summed E-state index contributed by atoms with van der Waals surface area (Å²) in [6, 6.07) is 18.7.